The number of rotatable bonds is 20. The van der Waals surface area contributed by atoms with Crippen molar-refractivity contribution in [3.05, 3.63) is 48.5 Å². The first-order valence-electron chi connectivity index (χ1n) is 13.4. The van der Waals surface area contributed by atoms with Crippen molar-refractivity contribution in [2.24, 2.45) is 0 Å². The lowest BCUT2D eigenvalue weighted by molar-refractivity contribution is -0.145. The van der Waals surface area contributed by atoms with Gasteiger partial charge in [-0.3, -0.25) is 38.6 Å². The van der Waals surface area contributed by atoms with Gasteiger partial charge in [0.15, 0.2) is 0 Å². The van der Waals surface area contributed by atoms with Crippen molar-refractivity contribution in [2.45, 2.75) is 0 Å². The van der Waals surface area contributed by atoms with Gasteiger partial charge < -0.3 is 50.7 Å². The SMILES string of the molecule is O=C(O)CN(CCN(CC(=O)O)CC(=O)O)CC(=O)O.O=C(O)CN(CCN(CC(=O)O)c1ccccc1O)c1ccccc1O. The van der Waals surface area contributed by atoms with E-state index in [0.29, 0.717) is 11.4 Å². The molecule has 0 bridgehead atoms. The van der Waals surface area contributed by atoms with Gasteiger partial charge in [0.1, 0.15) is 24.6 Å². The number of para-hydroxylation sites is 4. The minimum Gasteiger partial charge on any atom is -0.506 e. The number of aliphatic carboxylic acids is 6. The topological polar surface area (TPSA) is 277 Å². The number of hydrogen-bond acceptors (Lipinski definition) is 12. The number of benzene rings is 2. The third-order valence-electron chi connectivity index (χ3n) is 5.90. The van der Waals surface area contributed by atoms with E-state index in [-0.39, 0.29) is 50.8 Å². The number of anilines is 2. The maximum Gasteiger partial charge on any atom is 0.323 e. The smallest absolute Gasteiger partial charge is 0.323 e. The Morgan fingerprint density at radius 3 is 0.913 bits per heavy atom. The summed E-state index contributed by atoms with van der Waals surface area (Å²) in [6.07, 6.45) is 0. The molecule has 0 saturated carbocycles. The van der Waals surface area contributed by atoms with Crippen molar-refractivity contribution in [1.82, 2.24) is 9.80 Å². The zero-order chi connectivity index (χ0) is 34.8. The van der Waals surface area contributed by atoms with E-state index in [4.69, 9.17) is 30.6 Å². The molecular formula is C28H36N4O14. The number of phenols is 2. The number of carboxylic acids is 6. The Morgan fingerprint density at radius 1 is 0.413 bits per heavy atom. The molecule has 46 heavy (non-hydrogen) atoms. The van der Waals surface area contributed by atoms with E-state index < -0.39 is 62.0 Å². The normalized spacial score (nSPS) is 10.5. The van der Waals surface area contributed by atoms with Crippen LogP contribution in [0.15, 0.2) is 48.5 Å². The summed E-state index contributed by atoms with van der Waals surface area (Å²) in [6.45, 7) is -2.71. The molecule has 2 aromatic rings. The first kappa shape index (κ1) is 38.4. The summed E-state index contributed by atoms with van der Waals surface area (Å²) in [5.74, 6) is -7.21. The molecule has 0 fully saturated rings. The first-order valence-corrected chi connectivity index (χ1v) is 13.4. The van der Waals surface area contributed by atoms with Crippen LogP contribution in [0.5, 0.6) is 11.5 Å². The highest BCUT2D eigenvalue weighted by molar-refractivity contribution is 5.77. The highest BCUT2D eigenvalue weighted by atomic mass is 16.4. The van der Waals surface area contributed by atoms with E-state index in [9.17, 15) is 39.0 Å². The van der Waals surface area contributed by atoms with Crippen molar-refractivity contribution >= 4 is 47.2 Å². The molecule has 0 unspecified atom stereocenters. The highest BCUT2D eigenvalue weighted by Crippen LogP contribution is 2.28. The Labute approximate surface area is 262 Å². The van der Waals surface area contributed by atoms with Gasteiger partial charge in [-0.05, 0) is 24.3 Å². The van der Waals surface area contributed by atoms with Crippen LogP contribution in [0.1, 0.15) is 0 Å². The first-order chi connectivity index (χ1) is 21.6. The molecule has 0 saturated heterocycles. The molecule has 0 aliphatic heterocycles. The van der Waals surface area contributed by atoms with Gasteiger partial charge in [-0.25, -0.2) is 0 Å². The van der Waals surface area contributed by atoms with E-state index in [1.165, 1.54) is 21.9 Å². The monoisotopic (exact) mass is 652 g/mol. The van der Waals surface area contributed by atoms with E-state index >= 15 is 0 Å². The van der Waals surface area contributed by atoms with Gasteiger partial charge in [-0.1, -0.05) is 24.3 Å². The van der Waals surface area contributed by atoms with Crippen LogP contribution in [0.3, 0.4) is 0 Å². The molecule has 18 nitrogen and oxygen atoms in total. The average molecular weight is 653 g/mol. The molecule has 0 aromatic heterocycles. The predicted molar refractivity (Wildman–Crippen MR) is 159 cm³/mol. The molecule has 0 heterocycles. The summed E-state index contributed by atoms with van der Waals surface area (Å²) in [6, 6.07) is 12.6. The van der Waals surface area contributed by atoms with Crippen molar-refractivity contribution < 1.29 is 69.6 Å². The van der Waals surface area contributed by atoms with E-state index in [0.717, 1.165) is 9.80 Å². The molecular weight excluding hydrogens is 616 g/mol. The lowest BCUT2D eigenvalue weighted by atomic mass is 10.2. The van der Waals surface area contributed by atoms with E-state index in [2.05, 4.69) is 0 Å². The molecule has 18 heteroatoms. The van der Waals surface area contributed by atoms with Crippen LogP contribution < -0.4 is 9.80 Å². The fourth-order valence-electron chi connectivity index (χ4n) is 4.08. The van der Waals surface area contributed by atoms with Crippen LogP contribution in [0.2, 0.25) is 0 Å². The zero-order valence-corrected chi connectivity index (χ0v) is 24.5. The number of nitrogens with zero attached hydrogens (tertiary/aromatic N) is 4. The predicted octanol–water partition coefficient (Wildman–Crippen LogP) is -0.491. The lowest BCUT2D eigenvalue weighted by Gasteiger charge is -2.29. The Morgan fingerprint density at radius 2 is 0.674 bits per heavy atom. The Hall–Kier alpha value is -5.62. The standard InChI is InChI=1S/C18H20N2O6.C10H16N2O8/c21-15-7-3-1-5-13(15)19(11-17(23)24)9-10-20(12-18(25)26)14-6-2-4-8-16(14)22;13-7(14)3-11(4-8(15)16)1-2-12(5-9(17)18)6-10(19)20/h1-8,21-22H,9-12H2,(H,23,24)(H,25,26);1-6H2,(H,13,14)(H,15,16)(H,17,18)(H,19,20). The minimum absolute atomic E-state index is 0.0684. The summed E-state index contributed by atoms with van der Waals surface area (Å²) in [5, 5.41) is 72.7. The Balaban J connectivity index is 0.000000479. The second kappa shape index (κ2) is 19.6. The summed E-state index contributed by atoms with van der Waals surface area (Å²) in [5.41, 5.74) is 0.671. The van der Waals surface area contributed by atoms with Crippen LogP contribution in [0.25, 0.3) is 0 Å². The van der Waals surface area contributed by atoms with Crippen LogP contribution >= 0.6 is 0 Å². The molecule has 0 atom stereocenters. The molecule has 0 amide bonds. The number of hydrogen-bond donors (Lipinski definition) is 8. The largest absolute Gasteiger partial charge is 0.506 e. The highest BCUT2D eigenvalue weighted by Gasteiger charge is 2.20. The molecule has 0 spiro atoms. The maximum absolute atomic E-state index is 11.2. The fourth-order valence-corrected chi connectivity index (χ4v) is 4.08. The van der Waals surface area contributed by atoms with E-state index in [1.54, 1.807) is 36.4 Å². The third-order valence-corrected chi connectivity index (χ3v) is 5.90. The van der Waals surface area contributed by atoms with Crippen molar-refractivity contribution in [3.8, 4) is 11.5 Å². The number of aromatic hydroxyl groups is 2. The molecule has 252 valence electrons. The third kappa shape index (κ3) is 15.7. The average Bonchev–Trinajstić information content (AvgIpc) is 2.92. The second-order valence-electron chi connectivity index (χ2n) is 9.60. The summed E-state index contributed by atoms with van der Waals surface area (Å²) >= 11 is 0. The van der Waals surface area contributed by atoms with Crippen molar-refractivity contribution in [2.75, 3.05) is 75.2 Å². The maximum atomic E-state index is 11.2. The van der Waals surface area contributed by atoms with Gasteiger partial charge in [0.2, 0.25) is 0 Å². The molecule has 8 N–H and O–H groups in total. The Kier molecular flexibility index (Phi) is 16.4. The number of carboxylic acid groups (broad SMARTS) is 6. The molecule has 0 aliphatic rings. The van der Waals surface area contributed by atoms with Gasteiger partial charge >= 0.3 is 35.8 Å². The zero-order valence-electron chi connectivity index (χ0n) is 24.5. The number of carbonyl (C=O) groups is 6. The molecule has 0 radical (unpaired) electrons. The van der Waals surface area contributed by atoms with Gasteiger partial charge in [-0.15, -0.1) is 0 Å². The van der Waals surface area contributed by atoms with Crippen molar-refractivity contribution in [1.29, 1.82) is 0 Å². The van der Waals surface area contributed by atoms with Crippen LogP contribution in [-0.4, -0.2) is 152 Å². The molecule has 2 rings (SSSR count). The second-order valence-corrected chi connectivity index (χ2v) is 9.60. The van der Waals surface area contributed by atoms with Gasteiger partial charge in [0, 0.05) is 26.2 Å². The van der Waals surface area contributed by atoms with E-state index in [1.807, 2.05) is 0 Å². The lowest BCUT2D eigenvalue weighted by Crippen LogP contribution is -2.43. The Bertz CT molecular complexity index is 1220. The van der Waals surface area contributed by atoms with Crippen molar-refractivity contribution in [3.63, 3.8) is 0 Å². The quantitative estimate of drug-likeness (QED) is 0.0895. The van der Waals surface area contributed by atoms with Gasteiger partial charge in [-0.2, -0.15) is 0 Å². The molecule has 2 aromatic carbocycles. The summed E-state index contributed by atoms with van der Waals surface area (Å²) in [4.78, 5) is 69.6. The van der Waals surface area contributed by atoms with Crippen LogP contribution in [0, 0.1) is 0 Å². The van der Waals surface area contributed by atoms with Gasteiger partial charge in [0.25, 0.3) is 0 Å². The molecule has 0 aliphatic carbocycles. The summed E-state index contributed by atoms with van der Waals surface area (Å²) in [7, 11) is 0. The van der Waals surface area contributed by atoms with Gasteiger partial charge in [0.05, 0.1) is 37.6 Å². The summed E-state index contributed by atoms with van der Waals surface area (Å²) < 4.78 is 0. The minimum atomic E-state index is -1.23. The number of phenolic OH excluding ortho intramolecular Hbond substituents is 2. The fraction of sp³-hybridized carbons (Fsp3) is 0.357. The van der Waals surface area contributed by atoms with Crippen LogP contribution in [0.4, 0.5) is 11.4 Å². The van der Waals surface area contributed by atoms with Crippen LogP contribution in [-0.2, 0) is 28.8 Å².